The van der Waals surface area contributed by atoms with Crippen LogP contribution in [0.2, 0.25) is 0 Å². The molecule has 1 fully saturated rings. The van der Waals surface area contributed by atoms with E-state index >= 15 is 0 Å². The van der Waals surface area contributed by atoms with Crippen LogP contribution in [0.5, 0.6) is 0 Å². The lowest BCUT2D eigenvalue weighted by atomic mass is 9.96. The van der Waals surface area contributed by atoms with E-state index < -0.39 is 48.0 Å². The number of alkyl halides is 3. The lowest BCUT2D eigenvalue weighted by molar-refractivity contribution is -0.384. The smallest absolute Gasteiger partial charge is 0.394 e. The number of benzene rings is 1. The number of carbonyl (C=O) groups is 2. The number of nitro groups is 1. The molecule has 0 bridgehead atoms. The Bertz CT molecular complexity index is 722. The highest BCUT2D eigenvalue weighted by Gasteiger charge is 2.53. The van der Waals surface area contributed by atoms with E-state index in [9.17, 15) is 32.9 Å². The van der Waals surface area contributed by atoms with Gasteiger partial charge in [0.25, 0.3) is 5.69 Å². The zero-order valence-electron chi connectivity index (χ0n) is 12.9. The molecule has 0 aromatic heterocycles. The first-order valence-corrected chi connectivity index (χ1v) is 7.11. The first kappa shape index (κ1) is 18.5. The summed E-state index contributed by atoms with van der Waals surface area (Å²) in [4.78, 5) is 34.0. The Labute approximate surface area is 139 Å². The van der Waals surface area contributed by atoms with Crippen LogP contribution in [0.3, 0.4) is 0 Å². The van der Waals surface area contributed by atoms with E-state index in [0.29, 0.717) is 5.56 Å². The number of carboxylic acid groups (broad SMARTS) is 1. The van der Waals surface area contributed by atoms with Crippen molar-refractivity contribution in [2.24, 2.45) is 11.8 Å². The summed E-state index contributed by atoms with van der Waals surface area (Å²) in [5.41, 5.74) is 0.251. The summed E-state index contributed by atoms with van der Waals surface area (Å²) in [6.07, 6.45) is -4.75. The van der Waals surface area contributed by atoms with Crippen molar-refractivity contribution in [2.45, 2.75) is 13.1 Å². The molecule has 1 aromatic rings. The number of nitrogens with one attached hydrogen (secondary N) is 1. The minimum Gasteiger partial charge on any atom is -0.481 e. The maximum atomic E-state index is 12.9. The third-order valence-electron chi connectivity index (χ3n) is 4.02. The molecule has 1 aliphatic heterocycles. The monoisotopic (exact) mass is 361 g/mol. The second-order valence-corrected chi connectivity index (χ2v) is 5.68. The number of urea groups is 1. The van der Waals surface area contributed by atoms with E-state index in [1.54, 1.807) is 6.92 Å². The summed E-state index contributed by atoms with van der Waals surface area (Å²) in [5, 5.41) is 22.0. The minimum atomic E-state index is -4.75. The van der Waals surface area contributed by atoms with Gasteiger partial charge in [0.15, 0.2) is 0 Å². The SMILES string of the molecule is Cc1ccc([N+](=O)[O-])cc1NC(=O)N1C[C@@H](C(F)(F)F)[C@H](C(=O)O)C1. The third kappa shape index (κ3) is 3.98. The van der Waals surface area contributed by atoms with Crippen LogP contribution in [0, 0.1) is 28.9 Å². The van der Waals surface area contributed by atoms with Crippen LogP contribution >= 0.6 is 0 Å². The number of non-ortho nitro benzene ring substituents is 1. The molecule has 0 saturated carbocycles. The van der Waals surface area contributed by atoms with Gasteiger partial charge in [0, 0.05) is 25.2 Å². The molecule has 11 heteroatoms. The lowest BCUT2D eigenvalue weighted by Gasteiger charge is -2.19. The number of aliphatic carboxylic acids is 1. The Morgan fingerprint density at radius 2 is 2.00 bits per heavy atom. The van der Waals surface area contributed by atoms with Gasteiger partial charge in [0.2, 0.25) is 0 Å². The Kier molecular flexibility index (Phi) is 4.86. The number of likely N-dealkylation sites (tertiary alicyclic amines) is 1. The zero-order valence-corrected chi connectivity index (χ0v) is 12.9. The van der Waals surface area contributed by atoms with E-state index in [4.69, 9.17) is 5.11 Å². The Morgan fingerprint density at radius 3 is 2.48 bits per heavy atom. The van der Waals surface area contributed by atoms with Gasteiger partial charge in [-0.2, -0.15) is 13.2 Å². The molecule has 2 rings (SSSR count). The van der Waals surface area contributed by atoms with Gasteiger partial charge in [0.05, 0.1) is 22.4 Å². The first-order valence-electron chi connectivity index (χ1n) is 7.11. The molecule has 1 aromatic carbocycles. The van der Waals surface area contributed by atoms with Crippen LogP contribution in [-0.4, -0.2) is 46.2 Å². The molecule has 0 spiro atoms. The van der Waals surface area contributed by atoms with E-state index in [0.717, 1.165) is 11.0 Å². The molecule has 1 aliphatic rings. The van der Waals surface area contributed by atoms with E-state index in [2.05, 4.69) is 5.32 Å². The molecular weight excluding hydrogens is 347 g/mol. The number of nitrogens with zero attached hydrogens (tertiary/aromatic N) is 2. The van der Waals surface area contributed by atoms with Crippen molar-refractivity contribution in [3.05, 3.63) is 33.9 Å². The number of amides is 2. The van der Waals surface area contributed by atoms with Gasteiger partial charge < -0.3 is 15.3 Å². The second kappa shape index (κ2) is 6.57. The number of halogens is 3. The van der Waals surface area contributed by atoms with Crippen LogP contribution in [0.1, 0.15) is 5.56 Å². The van der Waals surface area contributed by atoms with Gasteiger partial charge in [-0.15, -0.1) is 0 Å². The number of anilines is 1. The van der Waals surface area contributed by atoms with Crippen molar-refractivity contribution < 1.29 is 32.8 Å². The van der Waals surface area contributed by atoms with Gasteiger partial charge in [-0.3, -0.25) is 14.9 Å². The molecular formula is C14H14F3N3O5. The Hall–Kier alpha value is -2.85. The van der Waals surface area contributed by atoms with Gasteiger partial charge in [-0.05, 0) is 12.5 Å². The predicted molar refractivity (Wildman–Crippen MR) is 79.1 cm³/mol. The Morgan fingerprint density at radius 1 is 1.36 bits per heavy atom. The van der Waals surface area contributed by atoms with Gasteiger partial charge in [-0.25, -0.2) is 4.79 Å². The summed E-state index contributed by atoms with van der Waals surface area (Å²) in [7, 11) is 0. The van der Waals surface area contributed by atoms with Crippen molar-refractivity contribution in [1.29, 1.82) is 0 Å². The fraction of sp³-hybridized carbons (Fsp3) is 0.429. The quantitative estimate of drug-likeness (QED) is 0.635. The van der Waals surface area contributed by atoms with Crippen molar-refractivity contribution >= 4 is 23.4 Å². The molecule has 2 amide bonds. The van der Waals surface area contributed by atoms with E-state index in [1.165, 1.54) is 12.1 Å². The Balaban J connectivity index is 2.18. The molecule has 136 valence electrons. The molecule has 0 unspecified atom stereocenters. The van der Waals surface area contributed by atoms with Gasteiger partial charge in [0.1, 0.15) is 0 Å². The van der Waals surface area contributed by atoms with Gasteiger partial charge >= 0.3 is 18.2 Å². The average molecular weight is 361 g/mol. The molecule has 2 N–H and O–H groups in total. The minimum absolute atomic E-state index is 0.0709. The summed E-state index contributed by atoms with van der Waals surface area (Å²) in [6.45, 7) is 0.168. The van der Waals surface area contributed by atoms with Crippen LogP contribution in [0.25, 0.3) is 0 Å². The first-order chi connectivity index (χ1) is 11.5. The number of rotatable bonds is 3. The lowest BCUT2D eigenvalue weighted by Crippen LogP contribution is -2.35. The van der Waals surface area contributed by atoms with Crippen molar-refractivity contribution in [3.63, 3.8) is 0 Å². The van der Waals surface area contributed by atoms with E-state index in [-0.39, 0.29) is 11.4 Å². The molecule has 8 nitrogen and oxygen atoms in total. The topological polar surface area (TPSA) is 113 Å². The van der Waals surface area contributed by atoms with Crippen LogP contribution in [0.15, 0.2) is 18.2 Å². The fourth-order valence-electron chi connectivity index (χ4n) is 2.60. The predicted octanol–water partition coefficient (Wildman–Crippen LogP) is 2.63. The van der Waals surface area contributed by atoms with Crippen molar-refractivity contribution in [3.8, 4) is 0 Å². The molecule has 1 heterocycles. The number of hydrogen-bond donors (Lipinski definition) is 2. The van der Waals surface area contributed by atoms with Crippen molar-refractivity contribution in [1.82, 2.24) is 4.90 Å². The summed E-state index contributed by atoms with van der Waals surface area (Å²) in [6, 6.07) is 2.75. The van der Waals surface area contributed by atoms with E-state index in [1.807, 2.05) is 0 Å². The second-order valence-electron chi connectivity index (χ2n) is 5.68. The maximum Gasteiger partial charge on any atom is 0.394 e. The van der Waals surface area contributed by atoms with Crippen LogP contribution in [-0.2, 0) is 4.79 Å². The number of carbonyl (C=O) groups excluding carboxylic acids is 1. The van der Waals surface area contributed by atoms with Crippen LogP contribution in [0.4, 0.5) is 29.3 Å². The summed E-state index contributed by atoms with van der Waals surface area (Å²) in [5.74, 6) is -5.55. The van der Waals surface area contributed by atoms with Gasteiger partial charge in [-0.1, -0.05) is 6.07 Å². The number of carboxylic acids is 1. The average Bonchev–Trinajstić information content (AvgIpc) is 2.95. The number of aryl methyl sites for hydroxylation is 1. The molecule has 1 saturated heterocycles. The molecule has 0 radical (unpaired) electrons. The van der Waals surface area contributed by atoms with Crippen LogP contribution < -0.4 is 5.32 Å². The highest BCUT2D eigenvalue weighted by Crippen LogP contribution is 2.38. The third-order valence-corrected chi connectivity index (χ3v) is 4.02. The normalized spacial score (nSPS) is 20.4. The fourth-order valence-corrected chi connectivity index (χ4v) is 2.60. The molecule has 2 atom stereocenters. The molecule has 0 aliphatic carbocycles. The standard InChI is InChI=1S/C14H14F3N3O5/c1-7-2-3-8(20(24)25)4-11(7)18-13(23)19-5-9(12(21)22)10(6-19)14(15,16)17/h2-4,9-10H,5-6H2,1H3,(H,18,23)(H,21,22)/t9-,10-/m1/s1. The van der Waals surface area contributed by atoms with Crippen molar-refractivity contribution in [2.75, 3.05) is 18.4 Å². The molecule has 25 heavy (non-hydrogen) atoms. The number of nitro benzene ring substituents is 1. The maximum absolute atomic E-state index is 12.9. The zero-order chi connectivity index (χ0) is 18.9. The highest BCUT2D eigenvalue weighted by atomic mass is 19.4. The number of hydrogen-bond acceptors (Lipinski definition) is 4. The highest BCUT2D eigenvalue weighted by molar-refractivity contribution is 5.91. The summed E-state index contributed by atoms with van der Waals surface area (Å²) < 4.78 is 38.8. The largest absolute Gasteiger partial charge is 0.481 e. The summed E-state index contributed by atoms with van der Waals surface area (Å²) >= 11 is 0.